The summed E-state index contributed by atoms with van der Waals surface area (Å²) >= 11 is 0. The zero-order valence-electron chi connectivity index (χ0n) is 19.3. The minimum absolute atomic E-state index is 0. The maximum absolute atomic E-state index is 12.2. The maximum atomic E-state index is 12.2. The molecule has 0 bridgehead atoms. The van der Waals surface area contributed by atoms with Crippen molar-refractivity contribution in [3.8, 4) is 0 Å². The van der Waals surface area contributed by atoms with E-state index in [-0.39, 0.29) is 29.9 Å². The summed E-state index contributed by atoms with van der Waals surface area (Å²) in [6.07, 6.45) is 9.96. The highest BCUT2D eigenvalue weighted by Crippen LogP contribution is 2.23. The first kappa shape index (κ1) is 26.2. The Morgan fingerprint density at radius 2 is 1.81 bits per heavy atom. The molecule has 7 heteroatoms. The molecule has 1 heterocycles. The molecule has 0 saturated heterocycles. The van der Waals surface area contributed by atoms with E-state index in [1.807, 2.05) is 30.3 Å². The monoisotopic (exact) mass is 552 g/mol. The van der Waals surface area contributed by atoms with Crippen LogP contribution in [0.2, 0.25) is 0 Å². The Morgan fingerprint density at radius 1 is 1.06 bits per heavy atom. The Kier molecular flexibility index (Phi) is 11.6. The molecule has 0 aliphatic heterocycles. The molecule has 1 aromatic heterocycles. The quantitative estimate of drug-likeness (QED) is 0.273. The summed E-state index contributed by atoms with van der Waals surface area (Å²) in [6.45, 7) is 2.41. The molecule has 1 fully saturated rings. The van der Waals surface area contributed by atoms with Crippen molar-refractivity contribution in [2.24, 2.45) is 10.9 Å². The van der Waals surface area contributed by atoms with E-state index >= 15 is 0 Å². The number of halogens is 1. The molecule has 1 aromatic carbocycles. The predicted molar refractivity (Wildman–Crippen MR) is 141 cm³/mol. The number of hydrogen-bond donors (Lipinski definition) is 2. The van der Waals surface area contributed by atoms with Crippen molar-refractivity contribution < 1.29 is 9.21 Å². The van der Waals surface area contributed by atoms with Gasteiger partial charge in [-0.25, -0.2) is 0 Å². The Labute approximate surface area is 209 Å². The molecule has 2 N–H and O–H groups in total. The molecule has 2 aromatic rings. The van der Waals surface area contributed by atoms with Crippen LogP contribution < -0.4 is 10.6 Å². The van der Waals surface area contributed by atoms with E-state index in [4.69, 9.17) is 9.41 Å². The lowest BCUT2D eigenvalue weighted by atomic mass is 9.89. The molecular formula is C25H37IN4O2. The van der Waals surface area contributed by atoms with Gasteiger partial charge in [0.25, 0.3) is 5.91 Å². The summed E-state index contributed by atoms with van der Waals surface area (Å²) in [5.41, 5.74) is 1.87. The molecule has 1 amide bonds. The number of nitrogens with one attached hydrogen (secondary N) is 2. The molecule has 176 valence electrons. The third-order valence-corrected chi connectivity index (χ3v) is 5.76. The molecule has 1 aliphatic carbocycles. The van der Waals surface area contributed by atoms with Crippen LogP contribution in [0.5, 0.6) is 0 Å². The Morgan fingerprint density at radius 3 is 2.50 bits per heavy atom. The zero-order valence-corrected chi connectivity index (χ0v) is 21.6. The van der Waals surface area contributed by atoms with Gasteiger partial charge in [0.1, 0.15) is 5.76 Å². The number of carbonyl (C=O) groups is 1. The summed E-state index contributed by atoms with van der Waals surface area (Å²) in [5.74, 6) is 2.56. The van der Waals surface area contributed by atoms with E-state index in [2.05, 4.69) is 16.7 Å². The van der Waals surface area contributed by atoms with E-state index in [1.165, 1.54) is 32.1 Å². The molecule has 6 nitrogen and oxygen atoms in total. The van der Waals surface area contributed by atoms with Gasteiger partial charge in [-0.3, -0.25) is 9.79 Å². The van der Waals surface area contributed by atoms with Gasteiger partial charge in [-0.05, 0) is 55.0 Å². The molecule has 1 saturated carbocycles. The van der Waals surface area contributed by atoms with Gasteiger partial charge >= 0.3 is 0 Å². The molecule has 0 unspecified atom stereocenters. The second kappa shape index (κ2) is 14.2. The van der Waals surface area contributed by atoms with Crippen molar-refractivity contribution in [1.29, 1.82) is 0 Å². The third kappa shape index (κ3) is 8.84. The fourth-order valence-electron chi connectivity index (χ4n) is 3.97. The van der Waals surface area contributed by atoms with Crippen LogP contribution in [0.25, 0.3) is 0 Å². The molecule has 0 radical (unpaired) electrons. The molecule has 3 rings (SSSR count). The summed E-state index contributed by atoms with van der Waals surface area (Å²) < 4.78 is 5.43. The van der Waals surface area contributed by atoms with Gasteiger partial charge in [0, 0.05) is 45.7 Å². The van der Waals surface area contributed by atoms with Crippen molar-refractivity contribution in [3.05, 3.63) is 59.5 Å². The van der Waals surface area contributed by atoms with E-state index in [0.717, 1.165) is 55.3 Å². The largest absolute Gasteiger partial charge is 0.469 e. The number of hydrogen-bond acceptors (Lipinski definition) is 3. The minimum Gasteiger partial charge on any atom is -0.469 e. The highest BCUT2D eigenvalue weighted by molar-refractivity contribution is 14.0. The molecule has 0 spiro atoms. The smallest absolute Gasteiger partial charge is 0.253 e. The standard InChI is InChI=1S/C25H36N4O2.HI/c1-29(2)24(30)22-11-6-10-20(18-22)13-15-26-25(27-16-14-23-12-7-17-31-23)28-19-21-8-4-3-5-9-21;/h6-7,10-12,17-18,21H,3-5,8-9,13-16,19H2,1-2H3,(H2,26,27,28);1H. The van der Waals surface area contributed by atoms with Crippen LogP contribution in [0.1, 0.15) is 53.8 Å². The van der Waals surface area contributed by atoms with Crippen molar-refractivity contribution in [3.63, 3.8) is 0 Å². The highest BCUT2D eigenvalue weighted by Gasteiger charge is 2.13. The average molecular weight is 553 g/mol. The number of furan rings is 1. The summed E-state index contributed by atoms with van der Waals surface area (Å²) in [7, 11) is 3.56. The number of nitrogens with zero attached hydrogens (tertiary/aromatic N) is 2. The van der Waals surface area contributed by atoms with E-state index in [0.29, 0.717) is 5.92 Å². The van der Waals surface area contributed by atoms with Crippen molar-refractivity contribution in [2.45, 2.75) is 44.9 Å². The van der Waals surface area contributed by atoms with Gasteiger partial charge in [0.05, 0.1) is 6.26 Å². The molecule has 0 atom stereocenters. The van der Waals surface area contributed by atoms with Crippen molar-refractivity contribution in [2.75, 3.05) is 33.7 Å². The van der Waals surface area contributed by atoms with Crippen LogP contribution in [0.4, 0.5) is 0 Å². The van der Waals surface area contributed by atoms with Crippen LogP contribution in [-0.4, -0.2) is 50.5 Å². The molecule has 32 heavy (non-hydrogen) atoms. The third-order valence-electron chi connectivity index (χ3n) is 5.76. The summed E-state index contributed by atoms with van der Waals surface area (Å²) in [5, 5.41) is 6.92. The number of benzene rings is 1. The molecular weight excluding hydrogens is 515 g/mol. The second-order valence-electron chi connectivity index (χ2n) is 8.53. The lowest BCUT2D eigenvalue weighted by Crippen LogP contribution is -2.39. The van der Waals surface area contributed by atoms with Crippen LogP contribution >= 0.6 is 24.0 Å². The predicted octanol–water partition coefficient (Wildman–Crippen LogP) is 4.50. The van der Waals surface area contributed by atoms with Crippen molar-refractivity contribution in [1.82, 2.24) is 15.5 Å². The number of rotatable bonds is 9. The highest BCUT2D eigenvalue weighted by atomic mass is 127. The maximum Gasteiger partial charge on any atom is 0.253 e. The van der Waals surface area contributed by atoms with E-state index < -0.39 is 0 Å². The van der Waals surface area contributed by atoms with Gasteiger partial charge < -0.3 is 20.0 Å². The topological polar surface area (TPSA) is 69.9 Å². The normalized spacial score (nSPS) is 14.5. The molecule has 1 aliphatic rings. The van der Waals surface area contributed by atoms with E-state index in [9.17, 15) is 4.79 Å². The van der Waals surface area contributed by atoms with Crippen LogP contribution in [-0.2, 0) is 12.8 Å². The average Bonchev–Trinajstić information content (AvgIpc) is 3.31. The Balaban J connectivity index is 0.00000363. The van der Waals surface area contributed by atoms with Crippen LogP contribution in [0.15, 0.2) is 52.1 Å². The van der Waals surface area contributed by atoms with Crippen LogP contribution in [0, 0.1) is 5.92 Å². The van der Waals surface area contributed by atoms with Gasteiger partial charge in [-0.2, -0.15) is 0 Å². The number of guanidine groups is 1. The first-order valence-electron chi connectivity index (χ1n) is 11.5. The fraction of sp³-hybridized carbons (Fsp3) is 0.520. The van der Waals surface area contributed by atoms with E-state index in [1.54, 1.807) is 25.3 Å². The van der Waals surface area contributed by atoms with Crippen molar-refractivity contribution >= 4 is 35.8 Å². The SMILES string of the molecule is CN(C)C(=O)c1cccc(CCNC(=NCC2CCCCC2)NCCc2ccco2)c1.I. The van der Waals surface area contributed by atoms with Gasteiger partial charge in [-0.15, -0.1) is 24.0 Å². The second-order valence-corrected chi connectivity index (χ2v) is 8.53. The van der Waals surface area contributed by atoms with Gasteiger partial charge in [0.2, 0.25) is 0 Å². The summed E-state index contributed by atoms with van der Waals surface area (Å²) in [6, 6.07) is 11.8. The van der Waals surface area contributed by atoms with Crippen LogP contribution in [0.3, 0.4) is 0 Å². The zero-order chi connectivity index (χ0) is 21.9. The van der Waals surface area contributed by atoms with Gasteiger partial charge in [-0.1, -0.05) is 31.4 Å². The Hall–Kier alpha value is -2.03. The number of carbonyl (C=O) groups excluding carboxylic acids is 1. The first-order valence-corrected chi connectivity index (χ1v) is 11.5. The van der Waals surface area contributed by atoms with Gasteiger partial charge in [0.15, 0.2) is 5.96 Å². The number of amides is 1. The lowest BCUT2D eigenvalue weighted by molar-refractivity contribution is 0.0827. The Bertz CT molecular complexity index is 830. The minimum atomic E-state index is 0. The first-order chi connectivity index (χ1) is 15.1. The fourth-order valence-corrected chi connectivity index (χ4v) is 3.97. The lowest BCUT2D eigenvalue weighted by Gasteiger charge is -2.20. The summed E-state index contributed by atoms with van der Waals surface area (Å²) in [4.78, 5) is 18.7. The number of aliphatic imine (C=N–C) groups is 1.